The number of halogens is 2. The van der Waals surface area contributed by atoms with Crippen molar-refractivity contribution in [3.8, 4) is 0 Å². The van der Waals surface area contributed by atoms with E-state index in [2.05, 4.69) is 6.58 Å². The van der Waals surface area contributed by atoms with Crippen LogP contribution in [0, 0.1) is 11.6 Å². The number of hydrogen-bond acceptors (Lipinski definition) is 3. The van der Waals surface area contributed by atoms with Crippen molar-refractivity contribution in [1.29, 1.82) is 0 Å². The molecule has 0 atom stereocenters. The van der Waals surface area contributed by atoms with Gasteiger partial charge in [-0.05, 0) is 34.5 Å². The molecule has 0 heterocycles. The highest BCUT2D eigenvalue weighted by molar-refractivity contribution is 7.99. The Bertz CT molecular complexity index is 1090. The SMILES string of the molecule is C=Cc1ccc(Sc2ccc(F)c(S(=O)(=O)O)c2F)c2ccccc12. The molecule has 0 fully saturated rings. The molecular formula is C18H12F2O3S2. The molecule has 0 saturated heterocycles. The minimum Gasteiger partial charge on any atom is -0.282 e. The van der Waals surface area contributed by atoms with Crippen molar-refractivity contribution in [3.63, 3.8) is 0 Å². The third-order valence-electron chi connectivity index (χ3n) is 3.63. The molecule has 25 heavy (non-hydrogen) atoms. The van der Waals surface area contributed by atoms with Crippen LogP contribution in [0.1, 0.15) is 5.56 Å². The summed E-state index contributed by atoms with van der Waals surface area (Å²) in [7, 11) is -5.01. The lowest BCUT2D eigenvalue weighted by Gasteiger charge is -2.11. The molecule has 3 nitrogen and oxygen atoms in total. The first-order chi connectivity index (χ1) is 11.8. The second-order valence-electron chi connectivity index (χ2n) is 5.17. The van der Waals surface area contributed by atoms with E-state index in [0.29, 0.717) is 4.90 Å². The van der Waals surface area contributed by atoms with Gasteiger partial charge in [-0.15, -0.1) is 0 Å². The zero-order valence-electron chi connectivity index (χ0n) is 12.7. The van der Waals surface area contributed by atoms with Crippen LogP contribution >= 0.6 is 11.8 Å². The summed E-state index contributed by atoms with van der Waals surface area (Å²) < 4.78 is 59.6. The molecule has 0 spiro atoms. The van der Waals surface area contributed by atoms with Crippen molar-refractivity contribution in [2.45, 2.75) is 14.7 Å². The molecule has 128 valence electrons. The predicted octanol–water partition coefficient (Wildman–Crippen LogP) is 5.16. The summed E-state index contributed by atoms with van der Waals surface area (Å²) in [5.74, 6) is -2.65. The highest BCUT2D eigenvalue weighted by Crippen LogP contribution is 2.38. The average Bonchev–Trinajstić information content (AvgIpc) is 2.56. The van der Waals surface area contributed by atoms with E-state index >= 15 is 0 Å². The third kappa shape index (κ3) is 3.30. The summed E-state index contributed by atoms with van der Waals surface area (Å²) in [5, 5.41) is 1.72. The molecule has 1 N–H and O–H groups in total. The van der Waals surface area contributed by atoms with E-state index in [1.165, 1.54) is 0 Å². The molecule has 0 bridgehead atoms. The van der Waals surface area contributed by atoms with Gasteiger partial charge in [-0.25, -0.2) is 8.78 Å². The summed E-state index contributed by atoms with van der Waals surface area (Å²) in [5.41, 5.74) is 0.901. The molecule has 0 aliphatic rings. The molecule has 3 aromatic rings. The summed E-state index contributed by atoms with van der Waals surface area (Å²) in [6.07, 6.45) is 1.70. The highest BCUT2D eigenvalue weighted by Gasteiger charge is 2.25. The summed E-state index contributed by atoms with van der Waals surface area (Å²) in [4.78, 5) is -0.789. The molecule has 0 aromatic heterocycles. The van der Waals surface area contributed by atoms with E-state index in [1.54, 1.807) is 12.1 Å². The smallest absolute Gasteiger partial charge is 0.282 e. The summed E-state index contributed by atoms with van der Waals surface area (Å²) in [6.45, 7) is 3.75. The fourth-order valence-electron chi connectivity index (χ4n) is 2.51. The molecule has 0 amide bonds. The quantitative estimate of drug-likeness (QED) is 0.637. The van der Waals surface area contributed by atoms with Crippen molar-refractivity contribution in [2.24, 2.45) is 0 Å². The van der Waals surface area contributed by atoms with Crippen LogP contribution in [0.5, 0.6) is 0 Å². The standard InChI is InChI=1S/C18H12F2O3S2/c1-2-11-7-9-15(13-6-4-3-5-12(11)13)24-16-10-8-14(19)18(17(16)20)25(21,22)23/h2-10H,1H2,(H,21,22,23). The van der Waals surface area contributed by atoms with Gasteiger partial charge in [0.1, 0.15) is 5.82 Å². The number of rotatable bonds is 4. The van der Waals surface area contributed by atoms with Crippen LogP contribution in [0.15, 0.2) is 69.8 Å². The van der Waals surface area contributed by atoms with Gasteiger partial charge in [0.25, 0.3) is 10.1 Å². The second kappa shape index (κ2) is 6.59. The molecule has 0 saturated carbocycles. The van der Waals surface area contributed by atoms with Gasteiger partial charge < -0.3 is 0 Å². The fraction of sp³-hybridized carbons (Fsp3) is 0. The molecule has 0 aliphatic heterocycles. The average molecular weight is 378 g/mol. The second-order valence-corrected chi connectivity index (χ2v) is 7.61. The number of fused-ring (bicyclic) bond motifs is 1. The number of hydrogen-bond donors (Lipinski definition) is 1. The van der Waals surface area contributed by atoms with Crippen LogP contribution in [-0.2, 0) is 10.1 Å². The van der Waals surface area contributed by atoms with E-state index in [4.69, 9.17) is 4.55 Å². The van der Waals surface area contributed by atoms with Crippen LogP contribution in [-0.4, -0.2) is 13.0 Å². The monoisotopic (exact) mass is 378 g/mol. The van der Waals surface area contributed by atoms with Gasteiger partial charge in [0, 0.05) is 9.79 Å². The summed E-state index contributed by atoms with van der Waals surface area (Å²) >= 11 is 0.950. The largest absolute Gasteiger partial charge is 0.300 e. The van der Waals surface area contributed by atoms with Gasteiger partial charge in [-0.3, -0.25) is 4.55 Å². The Hall–Kier alpha value is -2.22. The third-order valence-corrected chi connectivity index (χ3v) is 5.63. The first-order valence-corrected chi connectivity index (χ1v) is 9.36. The van der Waals surface area contributed by atoms with E-state index in [-0.39, 0.29) is 4.90 Å². The lowest BCUT2D eigenvalue weighted by Crippen LogP contribution is -2.06. The van der Waals surface area contributed by atoms with Crippen LogP contribution in [0.3, 0.4) is 0 Å². The van der Waals surface area contributed by atoms with Crippen LogP contribution < -0.4 is 0 Å². The maximum absolute atomic E-state index is 14.4. The topological polar surface area (TPSA) is 54.4 Å². The van der Waals surface area contributed by atoms with Crippen molar-refractivity contribution < 1.29 is 21.8 Å². The molecule has 0 radical (unpaired) electrons. The molecule has 0 unspecified atom stereocenters. The van der Waals surface area contributed by atoms with Gasteiger partial charge in [-0.1, -0.05) is 54.7 Å². The molecule has 3 aromatic carbocycles. The first-order valence-electron chi connectivity index (χ1n) is 7.10. The number of benzene rings is 3. The Balaban J connectivity index is 2.17. The van der Waals surface area contributed by atoms with E-state index in [1.807, 2.05) is 30.3 Å². The molecular weight excluding hydrogens is 366 g/mol. The minimum absolute atomic E-state index is 0.106. The van der Waals surface area contributed by atoms with E-state index in [0.717, 1.165) is 40.2 Å². The normalized spacial score (nSPS) is 11.6. The predicted molar refractivity (Wildman–Crippen MR) is 94.3 cm³/mol. The Morgan fingerprint density at radius 3 is 2.24 bits per heavy atom. The van der Waals surface area contributed by atoms with Crippen LogP contribution in [0.2, 0.25) is 0 Å². The van der Waals surface area contributed by atoms with Gasteiger partial charge >= 0.3 is 0 Å². The molecule has 0 aliphatic carbocycles. The summed E-state index contributed by atoms with van der Waals surface area (Å²) in [6, 6.07) is 12.9. The minimum atomic E-state index is -5.01. The zero-order chi connectivity index (χ0) is 18.2. The van der Waals surface area contributed by atoms with Crippen molar-refractivity contribution in [1.82, 2.24) is 0 Å². The molecule has 3 rings (SSSR count). The Labute approximate surface area is 147 Å². The lowest BCUT2D eigenvalue weighted by atomic mass is 10.0. The van der Waals surface area contributed by atoms with E-state index < -0.39 is 26.6 Å². The maximum Gasteiger partial charge on any atom is 0.300 e. The van der Waals surface area contributed by atoms with Crippen molar-refractivity contribution in [2.75, 3.05) is 0 Å². The maximum atomic E-state index is 14.4. The zero-order valence-corrected chi connectivity index (χ0v) is 14.4. The Morgan fingerprint density at radius 2 is 1.60 bits per heavy atom. The van der Waals surface area contributed by atoms with Crippen LogP contribution in [0.4, 0.5) is 8.78 Å². The van der Waals surface area contributed by atoms with Crippen molar-refractivity contribution >= 4 is 38.7 Å². The highest BCUT2D eigenvalue weighted by atomic mass is 32.2. The lowest BCUT2D eigenvalue weighted by molar-refractivity contribution is 0.451. The first kappa shape index (κ1) is 17.6. The van der Waals surface area contributed by atoms with E-state index in [9.17, 15) is 17.2 Å². The van der Waals surface area contributed by atoms with Gasteiger partial charge in [0.2, 0.25) is 0 Å². The Kier molecular flexibility index (Phi) is 4.64. The Morgan fingerprint density at radius 1 is 0.960 bits per heavy atom. The van der Waals surface area contributed by atoms with Crippen LogP contribution in [0.25, 0.3) is 16.8 Å². The molecule has 7 heteroatoms. The van der Waals surface area contributed by atoms with Gasteiger partial charge in [0.15, 0.2) is 10.7 Å². The van der Waals surface area contributed by atoms with Crippen molar-refractivity contribution in [3.05, 3.63) is 72.3 Å². The fourth-order valence-corrected chi connectivity index (χ4v) is 4.21. The van der Waals surface area contributed by atoms with Gasteiger partial charge in [-0.2, -0.15) is 8.42 Å². The van der Waals surface area contributed by atoms with Gasteiger partial charge in [0.05, 0.1) is 0 Å².